The van der Waals surface area contributed by atoms with Crippen LogP contribution in [0.3, 0.4) is 0 Å². The van der Waals surface area contributed by atoms with E-state index in [1.807, 2.05) is 24.3 Å². The molecule has 2 rings (SSSR count). The van der Waals surface area contributed by atoms with Gasteiger partial charge in [-0.15, -0.1) is 16.4 Å². The average Bonchev–Trinajstić information content (AvgIpc) is 2.45. The molecule has 2 nitrogen and oxygen atoms in total. The van der Waals surface area contributed by atoms with Crippen LogP contribution in [0, 0.1) is 0 Å². The highest BCUT2D eigenvalue weighted by atomic mass is 14.8. The Hall–Kier alpha value is -1.57. The van der Waals surface area contributed by atoms with Crippen molar-refractivity contribution in [2.45, 2.75) is 0 Å². The maximum Gasteiger partial charge on any atom is 0.266 e. The van der Waals surface area contributed by atoms with E-state index < -0.39 is 0 Å². The third-order valence-corrected chi connectivity index (χ3v) is 4.57. The molecule has 0 atom stereocenters. The standard InChI is InChI=1S/C12H18B6N2/c13-7-8(14)10(16)12(11(17)9(7)15)18-20-6-4-2-1-3-5(6)19/h1-4,18,20H,13-17,19H2. The highest BCUT2D eigenvalue weighted by Crippen LogP contribution is 2.15. The number of rotatable bonds is 3. The van der Waals surface area contributed by atoms with E-state index in [0.29, 0.717) is 0 Å². The van der Waals surface area contributed by atoms with Crippen LogP contribution < -0.4 is 43.7 Å². The predicted octanol–water partition coefficient (Wildman–Crippen LogP) is -7.35. The maximum atomic E-state index is 5.98. The molecular weight excluding hydrogens is 237 g/mol. The van der Waals surface area contributed by atoms with Crippen molar-refractivity contribution < 1.29 is 0 Å². The molecule has 0 aliphatic heterocycles. The normalized spacial score (nSPS) is 10.2. The Bertz CT molecular complexity index is 630. The van der Waals surface area contributed by atoms with Gasteiger partial charge >= 0.3 is 0 Å². The third kappa shape index (κ3) is 2.65. The first kappa shape index (κ1) is 14.8. The first-order valence-electron chi connectivity index (χ1n) is 7.07. The van der Waals surface area contributed by atoms with Crippen molar-refractivity contribution in [2.24, 2.45) is 0 Å². The van der Waals surface area contributed by atoms with E-state index in [9.17, 15) is 0 Å². The van der Waals surface area contributed by atoms with Gasteiger partial charge in [0, 0.05) is 5.69 Å². The van der Waals surface area contributed by atoms with Gasteiger partial charge in [0.05, 0.1) is 5.69 Å². The number of benzene rings is 2. The lowest BCUT2D eigenvalue weighted by Gasteiger charge is -2.20. The SMILES string of the molecule is Bc1c(B)c(B)c(BNc2ccccc2N)c(B)c1B. The second-order valence-corrected chi connectivity index (χ2v) is 5.54. The molecule has 0 aliphatic carbocycles. The number of anilines is 2. The van der Waals surface area contributed by atoms with Gasteiger partial charge in [0.2, 0.25) is 0 Å². The number of para-hydroxylation sites is 2. The largest absolute Gasteiger partial charge is 0.425 e. The van der Waals surface area contributed by atoms with Crippen LogP contribution in [0.25, 0.3) is 0 Å². The van der Waals surface area contributed by atoms with Crippen molar-refractivity contribution >= 4 is 90.8 Å². The summed E-state index contributed by atoms with van der Waals surface area (Å²) in [6.07, 6.45) is 0. The molecule has 0 spiro atoms. The van der Waals surface area contributed by atoms with Crippen LogP contribution in [0.1, 0.15) is 0 Å². The van der Waals surface area contributed by atoms with E-state index in [1.165, 1.54) is 32.8 Å². The molecule has 2 aromatic rings. The van der Waals surface area contributed by atoms with Gasteiger partial charge in [0.15, 0.2) is 0 Å². The van der Waals surface area contributed by atoms with Crippen molar-refractivity contribution in [3.8, 4) is 0 Å². The molecule has 0 unspecified atom stereocenters. The number of nitrogen functional groups attached to an aromatic ring is 1. The number of hydrogen-bond acceptors (Lipinski definition) is 2. The molecule has 94 valence electrons. The van der Waals surface area contributed by atoms with Gasteiger partial charge in [-0.1, -0.05) is 28.5 Å². The van der Waals surface area contributed by atoms with Crippen LogP contribution in [-0.4, -0.2) is 46.6 Å². The first-order valence-corrected chi connectivity index (χ1v) is 7.07. The minimum Gasteiger partial charge on any atom is -0.425 e. The van der Waals surface area contributed by atoms with Crippen molar-refractivity contribution in [2.75, 3.05) is 11.0 Å². The molecule has 0 amide bonds. The van der Waals surface area contributed by atoms with Gasteiger partial charge in [-0.05, 0) is 12.1 Å². The summed E-state index contributed by atoms with van der Waals surface area (Å²) >= 11 is 0. The highest BCUT2D eigenvalue weighted by molar-refractivity contribution is 6.77. The van der Waals surface area contributed by atoms with Crippen LogP contribution in [0.2, 0.25) is 0 Å². The van der Waals surface area contributed by atoms with Gasteiger partial charge in [0.25, 0.3) is 7.41 Å². The molecule has 0 fully saturated rings. The van der Waals surface area contributed by atoms with Crippen molar-refractivity contribution in [1.82, 2.24) is 0 Å². The summed E-state index contributed by atoms with van der Waals surface area (Å²) < 4.78 is 0. The monoisotopic (exact) mass is 256 g/mol. The Labute approximate surface area is 126 Å². The summed E-state index contributed by atoms with van der Waals surface area (Å²) in [5.74, 6) is 0. The average molecular weight is 255 g/mol. The summed E-state index contributed by atoms with van der Waals surface area (Å²) in [6, 6.07) is 7.91. The van der Waals surface area contributed by atoms with Crippen LogP contribution in [0.5, 0.6) is 0 Å². The Morgan fingerprint density at radius 1 is 0.800 bits per heavy atom. The van der Waals surface area contributed by atoms with E-state index in [1.54, 1.807) is 0 Å². The Balaban J connectivity index is 2.33. The minimum absolute atomic E-state index is 0.795. The van der Waals surface area contributed by atoms with Gasteiger partial charge in [0.1, 0.15) is 39.2 Å². The second-order valence-electron chi connectivity index (χ2n) is 5.54. The molecule has 0 radical (unpaired) electrons. The molecule has 0 heterocycles. The molecule has 0 aromatic heterocycles. The molecule has 2 aromatic carbocycles. The van der Waals surface area contributed by atoms with Crippen molar-refractivity contribution in [3.05, 3.63) is 24.3 Å². The Morgan fingerprint density at radius 2 is 1.30 bits per heavy atom. The summed E-state index contributed by atoms with van der Waals surface area (Å²) in [4.78, 5) is 0. The van der Waals surface area contributed by atoms with E-state index in [-0.39, 0.29) is 0 Å². The van der Waals surface area contributed by atoms with Crippen molar-refractivity contribution in [1.29, 1.82) is 0 Å². The Kier molecular flexibility index (Phi) is 4.32. The quantitative estimate of drug-likeness (QED) is 0.422. The lowest BCUT2D eigenvalue weighted by molar-refractivity contribution is 1.65. The predicted molar refractivity (Wildman–Crippen MR) is 109 cm³/mol. The fraction of sp³-hybridized carbons (Fsp3) is 0. The summed E-state index contributed by atoms with van der Waals surface area (Å²) in [6.45, 7) is 0. The van der Waals surface area contributed by atoms with E-state index in [2.05, 4.69) is 44.5 Å². The van der Waals surface area contributed by atoms with E-state index in [4.69, 9.17) is 5.73 Å². The summed E-state index contributed by atoms with van der Waals surface area (Å²) in [5, 5.41) is 3.46. The molecule has 0 aliphatic rings. The molecule has 3 N–H and O–H groups in total. The minimum atomic E-state index is 0.795. The van der Waals surface area contributed by atoms with Gasteiger partial charge < -0.3 is 11.0 Å². The molecule has 8 heteroatoms. The topological polar surface area (TPSA) is 38.0 Å². The number of nitrogens with two attached hydrogens (primary N) is 1. The van der Waals surface area contributed by atoms with Gasteiger partial charge in [-0.25, -0.2) is 0 Å². The number of hydrogen-bond donors (Lipinski definition) is 2. The lowest BCUT2D eigenvalue weighted by Crippen LogP contribution is -2.64. The van der Waals surface area contributed by atoms with Crippen LogP contribution in [-0.2, 0) is 0 Å². The fourth-order valence-corrected chi connectivity index (χ4v) is 2.68. The third-order valence-electron chi connectivity index (χ3n) is 4.57. The van der Waals surface area contributed by atoms with E-state index in [0.717, 1.165) is 18.8 Å². The summed E-state index contributed by atoms with van der Waals surface area (Å²) in [5.41, 5.74) is 16.1. The first-order chi connectivity index (χ1) is 9.43. The van der Waals surface area contributed by atoms with Gasteiger partial charge in [-0.3, -0.25) is 0 Å². The molecule has 0 bridgehead atoms. The molecule has 0 saturated heterocycles. The zero-order valence-corrected chi connectivity index (χ0v) is 13.1. The van der Waals surface area contributed by atoms with Crippen LogP contribution in [0.4, 0.5) is 11.4 Å². The summed E-state index contributed by atoms with van der Waals surface area (Å²) in [7, 11) is 11.8. The zero-order valence-electron chi connectivity index (χ0n) is 13.1. The smallest absolute Gasteiger partial charge is 0.266 e. The molecule has 0 saturated carbocycles. The highest BCUT2D eigenvalue weighted by Gasteiger charge is 2.12. The number of nitrogens with one attached hydrogen (secondary N) is 1. The van der Waals surface area contributed by atoms with Gasteiger partial charge in [-0.2, -0.15) is 0 Å². The lowest BCUT2D eigenvalue weighted by atomic mass is 9.55. The fourth-order valence-electron chi connectivity index (χ4n) is 2.68. The molecular formula is C12H18B6N2. The van der Waals surface area contributed by atoms with Crippen LogP contribution >= 0.6 is 0 Å². The van der Waals surface area contributed by atoms with Crippen LogP contribution in [0.15, 0.2) is 24.3 Å². The van der Waals surface area contributed by atoms with Crippen molar-refractivity contribution in [3.63, 3.8) is 0 Å². The Morgan fingerprint density at radius 3 is 1.85 bits per heavy atom. The second kappa shape index (κ2) is 5.82. The zero-order chi connectivity index (χ0) is 14.9. The maximum absolute atomic E-state index is 5.98. The molecule has 20 heavy (non-hydrogen) atoms. The van der Waals surface area contributed by atoms with E-state index >= 15 is 0 Å².